The standard InChI is InChI=1S/C26H26NO/c1-14(2)18-7-8-19-13-27(6)25-23-17(5)16(4)11-20-9-15(3)10-22(24(20)23)28-26(25)21(19)12-18/h7-14H,1-6H3/q+1. The van der Waals surface area contributed by atoms with Gasteiger partial charge in [-0.05, 0) is 72.5 Å². The smallest absolute Gasteiger partial charge is 0.257 e. The van der Waals surface area contributed by atoms with Gasteiger partial charge in [-0.25, -0.2) is 0 Å². The van der Waals surface area contributed by atoms with E-state index in [0.29, 0.717) is 5.92 Å². The Morgan fingerprint density at radius 1 is 0.929 bits per heavy atom. The molecule has 0 unspecified atom stereocenters. The molecule has 0 spiro atoms. The van der Waals surface area contributed by atoms with Crippen molar-refractivity contribution in [2.45, 2.75) is 40.5 Å². The Morgan fingerprint density at radius 3 is 2.46 bits per heavy atom. The van der Waals surface area contributed by atoms with E-state index in [1.807, 2.05) is 0 Å². The van der Waals surface area contributed by atoms with Crippen LogP contribution in [-0.4, -0.2) is 0 Å². The van der Waals surface area contributed by atoms with E-state index >= 15 is 0 Å². The van der Waals surface area contributed by atoms with Gasteiger partial charge in [-0.15, -0.1) is 0 Å². The summed E-state index contributed by atoms with van der Waals surface area (Å²) in [5, 5.41) is 4.90. The van der Waals surface area contributed by atoms with E-state index in [9.17, 15) is 0 Å². The largest absolute Gasteiger partial charge is 0.449 e. The highest BCUT2D eigenvalue weighted by molar-refractivity contribution is 6.07. The van der Waals surface area contributed by atoms with Crippen LogP contribution in [0.2, 0.25) is 0 Å². The number of hydrogen-bond acceptors (Lipinski definition) is 1. The third-order valence-electron chi connectivity index (χ3n) is 6.20. The molecule has 0 radical (unpaired) electrons. The van der Waals surface area contributed by atoms with Crippen molar-refractivity contribution in [2.24, 2.45) is 7.05 Å². The van der Waals surface area contributed by atoms with Gasteiger partial charge >= 0.3 is 0 Å². The van der Waals surface area contributed by atoms with E-state index < -0.39 is 0 Å². The summed E-state index contributed by atoms with van der Waals surface area (Å²) in [6.45, 7) is 11.1. The second-order valence-corrected chi connectivity index (χ2v) is 8.58. The summed E-state index contributed by atoms with van der Waals surface area (Å²) in [4.78, 5) is 0. The molecule has 0 N–H and O–H groups in total. The van der Waals surface area contributed by atoms with E-state index in [1.54, 1.807) is 0 Å². The van der Waals surface area contributed by atoms with Crippen LogP contribution in [0, 0.1) is 20.8 Å². The molecule has 0 saturated carbocycles. The van der Waals surface area contributed by atoms with Gasteiger partial charge in [0.15, 0.2) is 6.20 Å². The molecule has 2 nitrogen and oxygen atoms in total. The van der Waals surface area contributed by atoms with E-state index in [0.717, 1.165) is 11.5 Å². The topological polar surface area (TPSA) is 13.1 Å². The Balaban J connectivity index is 1.98. The number of aryl methyl sites for hydroxylation is 3. The zero-order valence-electron chi connectivity index (χ0n) is 17.5. The van der Waals surface area contributed by atoms with Gasteiger partial charge in [-0.2, -0.15) is 4.57 Å². The molecule has 0 atom stereocenters. The number of nitrogens with zero attached hydrogens (tertiary/aromatic N) is 1. The molecular formula is C26H26NO+. The summed E-state index contributed by atoms with van der Waals surface area (Å²) in [5.74, 6) is 2.44. The van der Waals surface area contributed by atoms with Crippen molar-refractivity contribution >= 4 is 21.5 Å². The van der Waals surface area contributed by atoms with Crippen LogP contribution >= 0.6 is 0 Å². The number of pyridine rings is 1. The normalized spacial score (nSPS) is 12.5. The van der Waals surface area contributed by atoms with Crippen molar-refractivity contribution in [2.75, 3.05) is 0 Å². The number of fused-ring (bicyclic) bond motifs is 4. The number of rotatable bonds is 1. The summed E-state index contributed by atoms with van der Waals surface area (Å²) in [6, 6.07) is 13.5. The van der Waals surface area contributed by atoms with Crippen LogP contribution in [-0.2, 0) is 7.05 Å². The summed E-state index contributed by atoms with van der Waals surface area (Å²) >= 11 is 0. The molecule has 0 amide bonds. The fourth-order valence-corrected chi connectivity index (χ4v) is 4.57. The van der Waals surface area contributed by atoms with Gasteiger partial charge in [0.1, 0.15) is 12.8 Å². The Kier molecular flexibility index (Phi) is 3.58. The molecule has 3 aromatic carbocycles. The average Bonchev–Trinajstić information content (AvgIpc) is 2.64. The number of ether oxygens (including phenoxy) is 1. The Bertz CT molecular complexity index is 1300. The van der Waals surface area contributed by atoms with Crippen LogP contribution in [0.1, 0.15) is 42.0 Å². The lowest BCUT2D eigenvalue weighted by Gasteiger charge is -2.23. The SMILES string of the molecule is Cc1cc2c3c(c(C)c(C)cc3c1)-c1c(c3cc(C(C)C)ccc3c[n+]1C)O2. The molecule has 2 heterocycles. The van der Waals surface area contributed by atoms with Crippen LogP contribution in [0.5, 0.6) is 11.5 Å². The molecule has 0 aliphatic carbocycles. The Labute approximate surface area is 166 Å². The molecule has 140 valence electrons. The number of aromatic nitrogens is 1. The second-order valence-electron chi connectivity index (χ2n) is 8.58. The minimum absolute atomic E-state index is 0.486. The summed E-state index contributed by atoms with van der Waals surface area (Å²) in [6.07, 6.45) is 2.23. The predicted octanol–water partition coefficient (Wildman–Crippen LogP) is 6.64. The molecule has 2 heteroatoms. The maximum atomic E-state index is 6.63. The minimum Gasteiger partial charge on any atom is -0.449 e. The minimum atomic E-state index is 0.486. The maximum absolute atomic E-state index is 6.63. The van der Waals surface area contributed by atoms with Gasteiger partial charge in [0.05, 0.1) is 5.56 Å². The summed E-state index contributed by atoms with van der Waals surface area (Å²) in [7, 11) is 2.13. The Hall–Kier alpha value is -2.87. The third kappa shape index (κ3) is 2.30. The molecule has 1 aromatic heterocycles. The first-order valence-electron chi connectivity index (χ1n) is 10.0. The van der Waals surface area contributed by atoms with Crippen LogP contribution in [0.15, 0.2) is 42.6 Å². The van der Waals surface area contributed by atoms with Crippen molar-refractivity contribution < 1.29 is 9.30 Å². The van der Waals surface area contributed by atoms with Gasteiger partial charge in [0, 0.05) is 16.2 Å². The van der Waals surface area contributed by atoms with Crippen LogP contribution in [0.3, 0.4) is 0 Å². The zero-order valence-corrected chi connectivity index (χ0v) is 17.5. The lowest BCUT2D eigenvalue weighted by Crippen LogP contribution is -2.32. The molecule has 1 aliphatic heterocycles. The van der Waals surface area contributed by atoms with E-state index in [2.05, 4.69) is 88.8 Å². The van der Waals surface area contributed by atoms with Crippen LogP contribution in [0.25, 0.3) is 32.8 Å². The third-order valence-corrected chi connectivity index (χ3v) is 6.20. The molecular weight excluding hydrogens is 342 g/mol. The quantitative estimate of drug-likeness (QED) is 0.302. The first-order chi connectivity index (χ1) is 13.3. The van der Waals surface area contributed by atoms with E-state index in [4.69, 9.17) is 4.74 Å². The first-order valence-corrected chi connectivity index (χ1v) is 10.0. The molecule has 5 rings (SSSR count). The average molecular weight is 369 g/mol. The fourth-order valence-electron chi connectivity index (χ4n) is 4.57. The molecule has 0 saturated heterocycles. The Morgan fingerprint density at radius 2 is 1.71 bits per heavy atom. The highest BCUT2D eigenvalue weighted by Crippen LogP contribution is 2.50. The van der Waals surface area contributed by atoms with Crippen molar-refractivity contribution in [1.29, 1.82) is 0 Å². The van der Waals surface area contributed by atoms with Gasteiger partial charge in [0.2, 0.25) is 5.75 Å². The highest BCUT2D eigenvalue weighted by atomic mass is 16.5. The first kappa shape index (κ1) is 17.2. The molecule has 1 aliphatic rings. The zero-order chi connectivity index (χ0) is 19.7. The van der Waals surface area contributed by atoms with Crippen LogP contribution < -0.4 is 9.30 Å². The molecule has 0 bridgehead atoms. The monoisotopic (exact) mass is 368 g/mol. The van der Waals surface area contributed by atoms with Gasteiger partial charge in [-0.1, -0.05) is 32.0 Å². The maximum Gasteiger partial charge on any atom is 0.257 e. The van der Waals surface area contributed by atoms with Crippen LogP contribution in [0.4, 0.5) is 0 Å². The molecule has 0 fully saturated rings. The number of benzene rings is 3. The lowest BCUT2D eigenvalue weighted by molar-refractivity contribution is -0.659. The second kappa shape index (κ2) is 5.81. The van der Waals surface area contributed by atoms with Gasteiger partial charge in [-0.3, -0.25) is 0 Å². The summed E-state index contributed by atoms with van der Waals surface area (Å²) in [5.41, 5.74) is 7.71. The van der Waals surface area contributed by atoms with Crippen molar-refractivity contribution in [3.63, 3.8) is 0 Å². The fraction of sp³-hybridized carbons (Fsp3) is 0.269. The van der Waals surface area contributed by atoms with Gasteiger partial charge in [0.25, 0.3) is 5.69 Å². The van der Waals surface area contributed by atoms with E-state index in [1.165, 1.54) is 55.1 Å². The van der Waals surface area contributed by atoms with Crippen molar-refractivity contribution in [3.8, 4) is 22.8 Å². The van der Waals surface area contributed by atoms with Gasteiger partial charge < -0.3 is 4.74 Å². The summed E-state index contributed by atoms with van der Waals surface area (Å²) < 4.78 is 8.87. The highest BCUT2D eigenvalue weighted by Gasteiger charge is 2.32. The molecule has 4 aromatic rings. The predicted molar refractivity (Wildman–Crippen MR) is 116 cm³/mol. The van der Waals surface area contributed by atoms with E-state index in [-0.39, 0.29) is 0 Å². The van der Waals surface area contributed by atoms with Crippen molar-refractivity contribution in [3.05, 3.63) is 64.8 Å². The lowest BCUT2D eigenvalue weighted by atomic mass is 9.88. The molecule has 28 heavy (non-hydrogen) atoms. The number of hydrogen-bond donors (Lipinski definition) is 0. The van der Waals surface area contributed by atoms with Crippen molar-refractivity contribution in [1.82, 2.24) is 0 Å².